The fourth-order valence-corrected chi connectivity index (χ4v) is 3.19. The normalized spacial score (nSPS) is 18.2. The molecule has 0 saturated heterocycles. The molecule has 2 aromatic rings. The van der Waals surface area contributed by atoms with Crippen molar-refractivity contribution < 1.29 is 14.3 Å². The van der Waals surface area contributed by atoms with E-state index in [0.29, 0.717) is 17.0 Å². The second-order valence-corrected chi connectivity index (χ2v) is 6.88. The van der Waals surface area contributed by atoms with Gasteiger partial charge in [-0.05, 0) is 38.1 Å². The third-order valence-corrected chi connectivity index (χ3v) is 4.43. The molecule has 4 nitrogen and oxygen atoms in total. The topological polar surface area (TPSA) is 47.6 Å². The highest BCUT2D eigenvalue weighted by Crippen LogP contribution is 2.41. The van der Waals surface area contributed by atoms with Gasteiger partial charge >= 0.3 is 0 Å². The van der Waals surface area contributed by atoms with Crippen LogP contribution in [0.1, 0.15) is 42.2 Å². The Kier molecular flexibility index (Phi) is 4.41. The summed E-state index contributed by atoms with van der Waals surface area (Å²) in [4.78, 5) is 12.6. The number of methoxy groups -OCH3 is 1. The molecular weight excluding hydrogens is 326 g/mol. The van der Waals surface area contributed by atoms with Crippen molar-refractivity contribution in [2.24, 2.45) is 0 Å². The van der Waals surface area contributed by atoms with Crippen LogP contribution in [0.3, 0.4) is 0 Å². The third kappa shape index (κ3) is 3.34. The zero-order chi connectivity index (χ0) is 17.3. The Balaban J connectivity index is 1.91. The summed E-state index contributed by atoms with van der Waals surface area (Å²) in [6.07, 6.45) is 0.669. The smallest absolute Gasteiger partial charge is 0.253 e. The van der Waals surface area contributed by atoms with Crippen molar-refractivity contribution >= 4 is 17.5 Å². The first-order valence-corrected chi connectivity index (χ1v) is 8.20. The van der Waals surface area contributed by atoms with Crippen LogP contribution in [-0.4, -0.2) is 18.6 Å². The van der Waals surface area contributed by atoms with E-state index in [1.807, 2.05) is 32.0 Å². The molecule has 0 spiro atoms. The van der Waals surface area contributed by atoms with Crippen molar-refractivity contribution in [2.45, 2.75) is 31.9 Å². The van der Waals surface area contributed by atoms with E-state index in [9.17, 15) is 4.79 Å². The largest absolute Gasteiger partial charge is 0.497 e. The highest BCUT2D eigenvalue weighted by atomic mass is 35.5. The lowest BCUT2D eigenvalue weighted by molar-refractivity contribution is 0.0617. The molecule has 126 valence electrons. The van der Waals surface area contributed by atoms with Gasteiger partial charge in [-0.1, -0.05) is 23.7 Å². The van der Waals surface area contributed by atoms with E-state index in [-0.39, 0.29) is 11.9 Å². The number of rotatable bonds is 3. The van der Waals surface area contributed by atoms with E-state index in [0.717, 1.165) is 17.1 Å². The number of benzene rings is 2. The number of carbonyl (C=O) groups excluding carboxylic acids is 1. The van der Waals surface area contributed by atoms with Gasteiger partial charge in [0.15, 0.2) is 0 Å². The van der Waals surface area contributed by atoms with Crippen LogP contribution in [0.25, 0.3) is 0 Å². The van der Waals surface area contributed by atoms with Gasteiger partial charge in [-0.15, -0.1) is 0 Å². The molecule has 0 aliphatic carbocycles. The minimum atomic E-state index is -0.391. The Labute approximate surface area is 146 Å². The summed E-state index contributed by atoms with van der Waals surface area (Å²) in [6, 6.07) is 12.5. The zero-order valence-electron chi connectivity index (χ0n) is 13.9. The minimum Gasteiger partial charge on any atom is -0.497 e. The number of hydrogen-bond acceptors (Lipinski definition) is 3. The molecule has 0 bridgehead atoms. The lowest BCUT2D eigenvalue weighted by Crippen LogP contribution is -2.41. The van der Waals surface area contributed by atoms with Gasteiger partial charge in [0.2, 0.25) is 0 Å². The van der Waals surface area contributed by atoms with Gasteiger partial charge in [-0.25, -0.2) is 0 Å². The molecule has 1 amide bonds. The Morgan fingerprint density at radius 3 is 2.75 bits per heavy atom. The molecule has 5 heteroatoms. The van der Waals surface area contributed by atoms with Crippen LogP contribution in [-0.2, 0) is 0 Å². The van der Waals surface area contributed by atoms with Gasteiger partial charge in [0.05, 0.1) is 23.7 Å². The van der Waals surface area contributed by atoms with E-state index >= 15 is 0 Å². The first-order valence-electron chi connectivity index (χ1n) is 7.82. The predicted molar refractivity (Wildman–Crippen MR) is 94.0 cm³/mol. The van der Waals surface area contributed by atoms with E-state index in [1.54, 1.807) is 31.4 Å². The monoisotopic (exact) mass is 345 g/mol. The second kappa shape index (κ2) is 6.36. The van der Waals surface area contributed by atoms with Crippen LogP contribution in [0.5, 0.6) is 11.5 Å². The third-order valence-electron chi connectivity index (χ3n) is 4.10. The van der Waals surface area contributed by atoms with Crippen LogP contribution in [0, 0.1) is 0 Å². The number of fused-ring (bicyclic) bond motifs is 1. The maximum absolute atomic E-state index is 12.6. The van der Waals surface area contributed by atoms with Crippen molar-refractivity contribution in [3.63, 3.8) is 0 Å². The molecule has 1 N–H and O–H groups in total. The maximum Gasteiger partial charge on any atom is 0.253 e. The summed E-state index contributed by atoms with van der Waals surface area (Å²) in [5, 5.41) is 3.52. The summed E-state index contributed by atoms with van der Waals surface area (Å²) in [5.74, 6) is 1.27. The number of carbonyl (C=O) groups is 1. The maximum atomic E-state index is 12.6. The summed E-state index contributed by atoms with van der Waals surface area (Å²) in [7, 11) is 1.62. The van der Waals surface area contributed by atoms with Crippen molar-refractivity contribution in [2.75, 3.05) is 7.11 Å². The molecular formula is C19H20ClNO3. The first-order chi connectivity index (χ1) is 11.4. The molecule has 24 heavy (non-hydrogen) atoms. The SMILES string of the molecule is COc1ccc2c(c1)OC(C)(C)C[C@H]2NC(=O)c1ccccc1Cl. The number of amides is 1. The number of ether oxygens (including phenoxy) is 2. The van der Waals surface area contributed by atoms with Crippen molar-refractivity contribution in [1.29, 1.82) is 0 Å². The molecule has 0 fully saturated rings. The first kappa shape index (κ1) is 16.7. The summed E-state index contributed by atoms with van der Waals surface area (Å²) < 4.78 is 11.3. The fraction of sp³-hybridized carbons (Fsp3) is 0.316. The van der Waals surface area contributed by atoms with Crippen molar-refractivity contribution in [3.05, 3.63) is 58.6 Å². The van der Waals surface area contributed by atoms with E-state index < -0.39 is 5.60 Å². The average molecular weight is 346 g/mol. The molecule has 1 atom stereocenters. The highest BCUT2D eigenvalue weighted by molar-refractivity contribution is 6.33. The lowest BCUT2D eigenvalue weighted by atomic mass is 9.89. The molecule has 1 heterocycles. The zero-order valence-corrected chi connectivity index (χ0v) is 14.7. The summed E-state index contributed by atoms with van der Waals surface area (Å²) in [6.45, 7) is 4.01. The molecule has 0 aromatic heterocycles. The second-order valence-electron chi connectivity index (χ2n) is 6.48. The number of nitrogens with one attached hydrogen (secondary N) is 1. The molecule has 3 rings (SSSR count). The summed E-state index contributed by atoms with van der Waals surface area (Å²) >= 11 is 6.13. The fourth-order valence-electron chi connectivity index (χ4n) is 2.97. The van der Waals surface area contributed by atoms with Gasteiger partial charge in [-0.3, -0.25) is 4.79 Å². The van der Waals surface area contributed by atoms with Gasteiger partial charge in [-0.2, -0.15) is 0 Å². The Morgan fingerprint density at radius 1 is 1.29 bits per heavy atom. The number of halogens is 1. The van der Waals surface area contributed by atoms with Gasteiger partial charge < -0.3 is 14.8 Å². The van der Waals surface area contributed by atoms with Gasteiger partial charge in [0.25, 0.3) is 5.91 Å². The molecule has 0 saturated carbocycles. The van der Waals surface area contributed by atoms with Crippen molar-refractivity contribution in [1.82, 2.24) is 5.32 Å². The minimum absolute atomic E-state index is 0.154. The van der Waals surface area contributed by atoms with E-state index in [2.05, 4.69) is 5.32 Å². The quantitative estimate of drug-likeness (QED) is 0.898. The Morgan fingerprint density at radius 2 is 2.04 bits per heavy atom. The lowest BCUT2D eigenvalue weighted by Gasteiger charge is -2.38. The average Bonchev–Trinajstić information content (AvgIpc) is 2.53. The molecule has 0 unspecified atom stereocenters. The molecule has 1 aliphatic heterocycles. The number of hydrogen-bond donors (Lipinski definition) is 1. The van der Waals surface area contributed by atoms with Crippen molar-refractivity contribution in [3.8, 4) is 11.5 Å². The van der Waals surface area contributed by atoms with Crippen LogP contribution >= 0.6 is 11.6 Å². The van der Waals surface area contributed by atoms with Gasteiger partial charge in [0, 0.05) is 18.1 Å². The van der Waals surface area contributed by atoms with Crippen LogP contribution in [0.15, 0.2) is 42.5 Å². The van der Waals surface area contributed by atoms with Crippen LogP contribution in [0.2, 0.25) is 5.02 Å². The highest BCUT2D eigenvalue weighted by Gasteiger charge is 2.35. The van der Waals surface area contributed by atoms with Crippen LogP contribution < -0.4 is 14.8 Å². The summed E-state index contributed by atoms with van der Waals surface area (Å²) in [5.41, 5.74) is 1.02. The Hall–Kier alpha value is -2.20. The van der Waals surface area contributed by atoms with Gasteiger partial charge in [0.1, 0.15) is 17.1 Å². The predicted octanol–water partition coefficient (Wildman–Crippen LogP) is 4.38. The standard InChI is InChI=1S/C19H20ClNO3/c1-19(2)11-16(14-9-8-12(23-3)10-17(14)24-19)21-18(22)13-6-4-5-7-15(13)20/h4-10,16H,11H2,1-3H3,(H,21,22)/t16-/m1/s1. The van der Waals surface area contributed by atoms with E-state index in [1.165, 1.54) is 0 Å². The van der Waals surface area contributed by atoms with E-state index in [4.69, 9.17) is 21.1 Å². The molecule has 2 aromatic carbocycles. The molecule has 0 radical (unpaired) electrons. The molecule has 1 aliphatic rings. The Bertz CT molecular complexity index is 773. The van der Waals surface area contributed by atoms with Crippen LogP contribution in [0.4, 0.5) is 0 Å².